The van der Waals surface area contributed by atoms with Gasteiger partial charge < -0.3 is 4.90 Å². The lowest BCUT2D eigenvalue weighted by Gasteiger charge is -2.27. The van der Waals surface area contributed by atoms with Gasteiger partial charge in [0.2, 0.25) is 5.91 Å². The second-order valence-electron chi connectivity index (χ2n) is 7.19. The molecule has 0 saturated carbocycles. The highest BCUT2D eigenvalue weighted by Gasteiger charge is 2.41. The molecule has 2 rings (SSSR count). The van der Waals surface area contributed by atoms with Crippen molar-refractivity contribution in [1.82, 2.24) is 10.2 Å². The third-order valence-electron chi connectivity index (χ3n) is 3.83. The zero-order valence-electron chi connectivity index (χ0n) is 13.1. The van der Waals surface area contributed by atoms with Crippen LogP contribution in [0, 0.1) is 11.3 Å². The summed E-state index contributed by atoms with van der Waals surface area (Å²) in [6, 6.07) is 2.06. The van der Waals surface area contributed by atoms with Crippen LogP contribution in [0.3, 0.4) is 0 Å². The fourth-order valence-electron chi connectivity index (χ4n) is 2.52. The normalized spacial score (nSPS) is 23.9. The van der Waals surface area contributed by atoms with Crippen molar-refractivity contribution >= 4 is 17.2 Å². The molecule has 1 N–H and O–H groups in total. The minimum absolute atomic E-state index is 0.0449. The highest BCUT2D eigenvalue weighted by Crippen LogP contribution is 2.31. The molecule has 0 spiro atoms. The molecule has 1 saturated heterocycles. The summed E-state index contributed by atoms with van der Waals surface area (Å²) in [5, 5.41) is 7.72. The first-order chi connectivity index (χ1) is 9.29. The predicted molar refractivity (Wildman–Crippen MR) is 84.6 cm³/mol. The minimum atomic E-state index is -0.0557. The quantitative estimate of drug-likeness (QED) is 0.919. The van der Waals surface area contributed by atoms with Gasteiger partial charge in [0.25, 0.3) is 0 Å². The maximum atomic E-state index is 12.6. The van der Waals surface area contributed by atoms with Gasteiger partial charge in [-0.05, 0) is 40.1 Å². The fourth-order valence-corrected chi connectivity index (χ4v) is 3.20. The monoisotopic (exact) mass is 294 g/mol. The van der Waals surface area contributed by atoms with E-state index in [1.165, 1.54) is 5.56 Å². The van der Waals surface area contributed by atoms with Gasteiger partial charge in [-0.25, -0.2) is 0 Å². The maximum absolute atomic E-state index is 12.6. The first-order valence-electron chi connectivity index (χ1n) is 7.38. The summed E-state index contributed by atoms with van der Waals surface area (Å²) in [5.41, 5.74) is 1.45. The van der Waals surface area contributed by atoms with E-state index in [1.807, 2.05) is 4.90 Å². The highest BCUT2D eigenvalue weighted by molar-refractivity contribution is 7.07. The number of carbonyl (C=O) groups is 1. The van der Waals surface area contributed by atoms with Crippen molar-refractivity contribution in [1.29, 1.82) is 0 Å². The van der Waals surface area contributed by atoms with Crippen LogP contribution in [0.15, 0.2) is 16.8 Å². The molecule has 0 aromatic carbocycles. The van der Waals surface area contributed by atoms with Crippen molar-refractivity contribution in [3.8, 4) is 0 Å². The number of nitrogens with one attached hydrogen (secondary N) is 1. The van der Waals surface area contributed by atoms with Crippen LogP contribution in [-0.2, 0) is 4.79 Å². The summed E-state index contributed by atoms with van der Waals surface area (Å²) >= 11 is 1.68. The van der Waals surface area contributed by atoms with Crippen molar-refractivity contribution in [2.75, 3.05) is 6.54 Å². The van der Waals surface area contributed by atoms with E-state index in [2.05, 4.69) is 56.8 Å². The summed E-state index contributed by atoms with van der Waals surface area (Å²) in [7, 11) is 0. The molecular weight excluding hydrogens is 268 g/mol. The predicted octanol–water partition coefficient (Wildman–Crippen LogP) is 3.64. The minimum Gasteiger partial charge on any atom is -0.321 e. The molecule has 2 unspecified atom stereocenters. The number of amides is 1. The van der Waals surface area contributed by atoms with Gasteiger partial charge in [0, 0.05) is 6.54 Å². The number of carbonyl (C=O) groups excluding carboxylic acids is 1. The van der Waals surface area contributed by atoms with Crippen LogP contribution in [0.25, 0.3) is 0 Å². The van der Waals surface area contributed by atoms with Crippen LogP contribution in [0.2, 0.25) is 0 Å². The van der Waals surface area contributed by atoms with Gasteiger partial charge in [-0.3, -0.25) is 10.1 Å². The van der Waals surface area contributed by atoms with E-state index in [-0.39, 0.29) is 23.5 Å². The van der Waals surface area contributed by atoms with Crippen molar-refractivity contribution in [2.45, 2.75) is 53.2 Å². The number of hydrogen-bond donors (Lipinski definition) is 1. The SMILES string of the molecule is CC(C)C1NC(c2ccsc2)N(CCC(C)(C)C)C1=O. The van der Waals surface area contributed by atoms with Gasteiger partial charge in [-0.2, -0.15) is 11.3 Å². The van der Waals surface area contributed by atoms with Crippen molar-refractivity contribution in [2.24, 2.45) is 11.3 Å². The molecule has 112 valence electrons. The van der Waals surface area contributed by atoms with Crippen LogP contribution < -0.4 is 5.32 Å². The molecule has 1 aliphatic heterocycles. The Bertz CT molecular complexity index is 448. The Morgan fingerprint density at radius 2 is 2.10 bits per heavy atom. The van der Waals surface area contributed by atoms with E-state index in [4.69, 9.17) is 0 Å². The molecule has 1 fully saturated rings. The second-order valence-corrected chi connectivity index (χ2v) is 7.97. The van der Waals surface area contributed by atoms with Crippen molar-refractivity contribution in [3.63, 3.8) is 0 Å². The highest BCUT2D eigenvalue weighted by atomic mass is 32.1. The molecule has 1 aliphatic rings. The largest absolute Gasteiger partial charge is 0.321 e. The second kappa shape index (κ2) is 5.86. The summed E-state index contributed by atoms with van der Waals surface area (Å²) in [4.78, 5) is 14.7. The summed E-state index contributed by atoms with van der Waals surface area (Å²) in [5.74, 6) is 0.573. The summed E-state index contributed by atoms with van der Waals surface area (Å²) < 4.78 is 0. The number of nitrogens with zero attached hydrogens (tertiary/aromatic N) is 1. The molecule has 0 radical (unpaired) electrons. The number of thiophene rings is 1. The Morgan fingerprint density at radius 3 is 2.60 bits per heavy atom. The Hall–Kier alpha value is -0.870. The Morgan fingerprint density at radius 1 is 1.40 bits per heavy atom. The van der Waals surface area contributed by atoms with E-state index < -0.39 is 0 Å². The zero-order chi connectivity index (χ0) is 14.9. The topological polar surface area (TPSA) is 32.3 Å². The van der Waals surface area contributed by atoms with Gasteiger partial charge in [-0.15, -0.1) is 0 Å². The van der Waals surface area contributed by atoms with Crippen LogP contribution in [-0.4, -0.2) is 23.4 Å². The first-order valence-corrected chi connectivity index (χ1v) is 8.32. The third-order valence-corrected chi connectivity index (χ3v) is 4.53. The first kappa shape index (κ1) is 15.5. The Balaban J connectivity index is 2.17. The summed E-state index contributed by atoms with van der Waals surface area (Å²) in [6.07, 6.45) is 1.06. The third kappa shape index (κ3) is 3.41. The molecule has 2 heterocycles. The lowest BCUT2D eigenvalue weighted by Crippen LogP contribution is -2.35. The van der Waals surface area contributed by atoms with Crippen LogP contribution in [0.1, 0.15) is 52.8 Å². The standard InChI is InChI=1S/C16H26N2OS/c1-11(2)13-15(19)18(8-7-16(3,4)5)14(17-13)12-6-9-20-10-12/h6,9-11,13-14,17H,7-8H2,1-5H3. The van der Waals surface area contributed by atoms with Crippen LogP contribution >= 0.6 is 11.3 Å². The smallest absolute Gasteiger partial charge is 0.241 e. The maximum Gasteiger partial charge on any atom is 0.241 e. The molecule has 1 aromatic heterocycles. The molecule has 0 bridgehead atoms. The molecule has 1 amide bonds. The van der Waals surface area contributed by atoms with Gasteiger partial charge >= 0.3 is 0 Å². The molecule has 3 nitrogen and oxygen atoms in total. The number of rotatable bonds is 4. The molecule has 2 atom stereocenters. The average molecular weight is 294 g/mol. The van der Waals surface area contributed by atoms with E-state index >= 15 is 0 Å². The Kier molecular flexibility index (Phi) is 4.55. The lowest BCUT2D eigenvalue weighted by molar-refractivity contribution is -0.131. The summed E-state index contributed by atoms with van der Waals surface area (Å²) in [6.45, 7) is 11.7. The zero-order valence-corrected chi connectivity index (χ0v) is 14.0. The molecular formula is C16H26N2OS. The van der Waals surface area contributed by atoms with E-state index in [9.17, 15) is 4.79 Å². The van der Waals surface area contributed by atoms with Gasteiger partial charge in [-0.1, -0.05) is 34.6 Å². The van der Waals surface area contributed by atoms with Gasteiger partial charge in [0.1, 0.15) is 6.17 Å². The molecule has 4 heteroatoms. The molecule has 20 heavy (non-hydrogen) atoms. The van der Waals surface area contributed by atoms with E-state index in [0.29, 0.717) is 5.92 Å². The van der Waals surface area contributed by atoms with Crippen molar-refractivity contribution < 1.29 is 4.79 Å². The molecule has 0 aliphatic carbocycles. The van der Waals surface area contributed by atoms with E-state index in [0.717, 1.165) is 13.0 Å². The van der Waals surface area contributed by atoms with Gasteiger partial charge in [0.05, 0.1) is 6.04 Å². The van der Waals surface area contributed by atoms with E-state index in [1.54, 1.807) is 11.3 Å². The van der Waals surface area contributed by atoms with Crippen LogP contribution in [0.5, 0.6) is 0 Å². The fraction of sp³-hybridized carbons (Fsp3) is 0.688. The average Bonchev–Trinajstić information content (AvgIpc) is 2.92. The lowest BCUT2D eigenvalue weighted by atomic mass is 9.92. The van der Waals surface area contributed by atoms with Crippen molar-refractivity contribution in [3.05, 3.63) is 22.4 Å². The molecule has 1 aromatic rings. The number of hydrogen-bond acceptors (Lipinski definition) is 3. The van der Waals surface area contributed by atoms with Gasteiger partial charge in [0.15, 0.2) is 0 Å². The van der Waals surface area contributed by atoms with Crippen LogP contribution in [0.4, 0.5) is 0 Å². The Labute approximate surface area is 126 Å².